The lowest BCUT2D eigenvalue weighted by molar-refractivity contribution is 0.438. The lowest BCUT2D eigenvalue weighted by Crippen LogP contribution is -2.22. The molecule has 96 valence electrons. The third-order valence-electron chi connectivity index (χ3n) is 3.16. The van der Waals surface area contributed by atoms with Gasteiger partial charge in [-0.2, -0.15) is 0 Å². The van der Waals surface area contributed by atoms with Gasteiger partial charge < -0.3 is 5.32 Å². The number of benzene rings is 1. The molecule has 0 spiro atoms. The number of hydrogen-bond donors (Lipinski definition) is 1. The Labute approximate surface area is 107 Å². The Morgan fingerprint density at radius 3 is 1.88 bits per heavy atom. The second kappa shape index (κ2) is 6.80. The first kappa shape index (κ1) is 14.2. The molecular weight excluding hydrogens is 206 g/mol. The molecule has 1 rings (SSSR count). The Hall–Kier alpha value is -0.820. The highest BCUT2D eigenvalue weighted by Gasteiger charge is 2.12. The first-order valence-corrected chi connectivity index (χ1v) is 6.87. The Morgan fingerprint density at radius 1 is 0.941 bits per heavy atom. The van der Waals surface area contributed by atoms with E-state index in [-0.39, 0.29) is 0 Å². The molecule has 17 heavy (non-hydrogen) atoms. The minimum absolute atomic E-state index is 0.501. The first-order valence-electron chi connectivity index (χ1n) is 6.87. The zero-order valence-electron chi connectivity index (χ0n) is 12.0. The highest BCUT2D eigenvalue weighted by Crippen LogP contribution is 2.23. The monoisotopic (exact) mass is 233 g/mol. The minimum Gasteiger partial charge on any atom is -0.310 e. The maximum atomic E-state index is 3.58. The third-order valence-corrected chi connectivity index (χ3v) is 3.16. The molecule has 0 aliphatic rings. The van der Waals surface area contributed by atoms with Crippen molar-refractivity contribution in [2.24, 2.45) is 5.92 Å². The molecule has 1 atom stereocenters. The molecule has 1 nitrogen and oxygen atoms in total. The third kappa shape index (κ3) is 4.51. The Kier molecular flexibility index (Phi) is 5.70. The molecule has 1 aromatic carbocycles. The molecule has 1 N–H and O–H groups in total. The van der Waals surface area contributed by atoms with Crippen LogP contribution in [0.5, 0.6) is 0 Å². The first-order chi connectivity index (χ1) is 8.04. The summed E-state index contributed by atoms with van der Waals surface area (Å²) >= 11 is 0. The van der Waals surface area contributed by atoms with Crippen LogP contribution in [0.1, 0.15) is 64.1 Å². The quantitative estimate of drug-likeness (QED) is 0.762. The second-order valence-corrected chi connectivity index (χ2v) is 5.56. The van der Waals surface area contributed by atoms with E-state index in [4.69, 9.17) is 0 Å². The maximum Gasteiger partial charge on any atom is 0.0322 e. The average Bonchev–Trinajstić information content (AvgIpc) is 2.28. The Bertz CT molecular complexity index is 311. The van der Waals surface area contributed by atoms with Crippen molar-refractivity contribution < 1.29 is 0 Å². The van der Waals surface area contributed by atoms with Gasteiger partial charge >= 0.3 is 0 Å². The molecule has 1 unspecified atom stereocenters. The molecule has 0 aromatic heterocycles. The average molecular weight is 233 g/mol. The highest BCUT2D eigenvalue weighted by molar-refractivity contribution is 5.26. The molecule has 1 aromatic rings. The van der Waals surface area contributed by atoms with Gasteiger partial charge in [-0.3, -0.25) is 0 Å². The van der Waals surface area contributed by atoms with Crippen molar-refractivity contribution >= 4 is 0 Å². The Balaban J connectivity index is 2.79. The zero-order chi connectivity index (χ0) is 12.8. The van der Waals surface area contributed by atoms with Gasteiger partial charge in [-0.05, 0) is 35.9 Å². The van der Waals surface area contributed by atoms with Crippen molar-refractivity contribution in [3.8, 4) is 0 Å². The van der Waals surface area contributed by atoms with Crippen molar-refractivity contribution in [1.82, 2.24) is 5.32 Å². The second-order valence-electron chi connectivity index (χ2n) is 5.56. The topological polar surface area (TPSA) is 12.0 Å². The van der Waals surface area contributed by atoms with E-state index in [1.807, 2.05) is 0 Å². The summed E-state index contributed by atoms with van der Waals surface area (Å²) in [5.74, 6) is 1.34. The van der Waals surface area contributed by atoms with Crippen molar-refractivity contribution in [2.75, 3.05) is 6.54 Å². The zero-order valence-corrected chi connectivity index (χ0v) is 12.0. The van der Waals surface area contributed by atoms with Crippen LogP contribution in [0.3, 0.4) is 0 Å². The molecular formula is C16H27N. The fourth-order valence-corrected chi connectivity index (χ4v) is 2.17. The van der Waals surface area contributed by atoms with Gasteiger partial charge in [0, 0.05) is 6.04 Å². The molecule has 0 saturated carbocycles. The molecule has 0 aliphatic carbocycles. The van der Waals surface area contributed by atoms with E-state index in [0.717, 1.165) is 12.5 Å². The van der Waals surface area contributed by atoms with Crippen LogP contribution in [0.2, 0.25) is 0 Å². The van der Waals surface area contributed by atoms with Crippen molar-refractivity contribution in [3.05, 3.63) is 35.4 Å². The standard InChI is InChI=1S/C16H27N/c1-6-17-16(11-12(2)3)15-9-7-14(8-10-15)13(4)5/h7-10,12-13,16-17H,6,11H2,1-5H3. The maximum absolute atomic E-state index is 3.58. The SMILES string of the molecule is CCNC(CC(C)C)c1ccc(C(C)C)cc1. The van der Waals surface area contributed by atoms with Gasteiger partial charge in [-0.25, -0.2) is 0 Å². The lowest BCUT2D eigenvalue weighted by Gasteiger charge is -2.21. The van der Waals surface area contributed by atoms with Crippen molar-refractivity contribution in [3.63, 3.8) is 0 Å². The van der Waals surface area contributed by atoms with Gasteiger partial charge in [0.15, 0.2) is 0 Å². The van der Waals surface area contributed by atoms with E-state index in [1.54, 1.807) is 0 Å². The molecule has 0 amide bonds. The predicted octanol–water partition coefficient (Wildman–Crippen LogP) is 4.51. The van der Waals surface area contributed by atoms with Crippen LogP contribution in [0, 0.1) is 5.92 Å². The summed E-state index contributed by atoms with van der Waals surface area (Å²) in [6.45, 7) is 12.3. The fourth-order valence-electron chi connectivity index (χ4n) is 2.17. The van der Waals surface area contributed by atoms with Crippen molar-refractivity contribution in [2.45, 2.75) is 53.0 Å². The Morgan fingerprint density at radius 2 is 1.47 bits per heavy atom. The lowest BCUT2D eigenvalue weighted by atomic mass is 9.94. The smallest absolute Gasteiger partial charge is 0.0322 e. The van der Waals surface area contributed by atoms with Crippen LogP contribution in [-0.4, -0.2) is 6.54 Å². The predicted molar refractivity (Wildman–Crippen MR) is 76.4 cm³/mol. The largest absolute Gasteiger partial charge is 0.310 e. The summed E-state index contributed by atoms with van der Waals surface area (Å²) < 4.78 is 0. The van der Waals surface area contributed by atoms with Gasteiger partial charge in [0.1, 0.15) is 0 Å². The van der Waals surface area contributed by atoms with E-state index in [2.05, 4.69) is 64.2 Å². The van der Waals surface area contributed by atoms with Gasteiger partial charge in [0.25, 0.3) is 0 Å². The summed E-state index contributed by atoms with van der Waals surface area (Å²) in [5, 5.41) is 3.58. The van der Waals surface area contributed by atoms with Gasteiger partial charge in [0.2, 0.25) is 0 Å². The van der Waals surface area contributed by atoms with Crippen molar-refractivity contribution in [1.29, 1.82) is 0 Å². The number of nitrogens with one attached hydrogen (secondary N) is 1. The molecule has 0 aliphatic heterocycles. The summed E-state index contributed by atoms with van der Waals surface area (Å²) in [5.41, 5.74) is 2.85. The van der Waals surface area contributed by atoms with Crippen LogP contribution in [0.25, 0.3) is 0 Å². The van der Waals surface area contributed by atoms with Gasteiger partial charge in [-0.1, -0.05) is 58.9 Å². The molecule has 0 fully saturated rings. The fraction of sp³-hybridized carbons (Fsp3) is 0.625. The van der Waals surface area contributed by atoms with E-state index in [9.17, 15) is 0 Å². The summed E-state index contributed by atoms with van der Waals surface area (Å²) in [4.78, 5) is 0. The molecule has 0 saturated heterocycles. The highest BCUT2D eigenvalue weighted by atomic mass is 14.9. The van der Waals surface area contributed by atoms with Crippen LogP contribution in [0.4, 0.5) is 0 Å². The molecule has 0 heterocycles. The molecule has 1 heteroatoms. The van der Waals surface area contributed by atoms with Crippen LogP contribution < -0.4 is 5.32 Å². The van der Waals surface area contributed by atoms with E-state index in [1.165, 1.54) is 17.5 Å². The summed E-state index contributed by atoms with van der Waals surface area (Å²) in [6.07, 6.45) is 1.20. The minimum atomic E-state index is 0.501. The van der Waals surface area contributed by atoms with E-state index >= 15 is 0 Å². The van der Waals surface area contributed by atoms with Crippen LogP contribution in [0.15, 0.2) is 24.3 Å². The van der Waals surface area contributed by atoms with E-state index < -0.39 is 0 Å². The normalized spacial score (nSPS) is 13.4. The summed E-state index contributed by atoms with van der Waals surface area (Å²) in [6, 6.07) is 9.60. The molecule has 0 radical (unpaired) electrons. The number of hydrogen-bond acceptors (Lipinski definition) is 1. The van der Waals surface area contributed by atoms with Gasteiger partial charge in [-0.15, -0.1) is 0 Å². The van der Waals surface area contributed by atoms with Gasteiger partial charge in [0.05, 0.1) is 0 Å². The summed E-state index contributed by atoms with van der Waals surface area (Å²) in [7, 11) is 0. The molecule has 0 bridgehead atoms. The van der Waals surface area contributed by atoms with E-state index in [0.29, 0.717) is 12.0 Å². The van der Waals surface area contributed by atoms with Crippen LogP contribution in [-0.2, 0) is 0 Å². The van der Waals surface area contributed by atoms with Crippen LogP contribution >= 0.6 is 0 Å². The number of rotatable bonds is 6.